The number of fused-ring (bicyclic) bond motifs is 2. The highest BCUT2D eigenvalue weighted by Crippen LogP contribution is 2.46. The van der Waals surface area contributed by atoms with Gasteiger partial charge in [0.2, 0.25) is 6.79 Å². The summed E-state index contributed by atoms with van der Waals surface area (Å²) in [6.45, 7) is 1.08. The van der Waals surface area contributed by atoms with Gasteiger partial charge < -0.3 is 19.5 Å². The molecule has 0 fully saturated rings. The average Bonchev–Trinajstić information content (AvgIpc) is 3.02. The normalized spacial score (nSPS) is 18.7. The summed E-state index contributed by atoms with van der Waals surface area (Å²) < 4.78 is 17.8. The van der Waals surface area contributed by atoms with Gasteiger partial charge in [-0.2, -0.15) is 0 Å². The Morgan fingerprint density at radius 2 is 2.17 bits per heavy atom. The first-order valence-corrected chi connectivity index (χ1v) is 8.54. The third-order valence-corrected chi connectivity index (χ3v) is 5.08. The zero-order chi connectivity index (χ0) is 16.0. The van der Waals surface area contributed by atoms with Crippen molar-refractivity contribution in [2.45, 2.75) is 12.5 Å². The smallest absolute Gasteiger partial charge is 0.231 e. The predicted octanol–water partition coefficient (Wildman–Crippen LogP) is 4.07. The van der Waals surface area contributed by atoms with E-state index in [1.807, 2.05) is 18.2 Å². The highest BCUT2D eigenvalue weighted by molar-refractivity contribution is 9.10. The molecule has 1 N–H and O–H groups in total. The van der Waals surface area contributed by atoms with Gasteiger partial charge in [-0.05, 0) is 36.2 Å². The van der Waals surface area contributed by atoms with Crippen LogP contribution in [0.4, 0.5) is 0 Å². The molecule has 1 unspecified atom stereocenters. The van der Waals surface area contributed by atoms with Crippen molar-refractivity contribution in [2.75, 3.05) is 20.4 Å². The lowest BCUT2D eigenvalue weighted by molar-refractivity contribution is 0.173. The van der Waals surface area contributed by atoms with E-state index in [1.165, 1.54) is 0 Å². The molecular weight excluding hydrogens is 382 g/mol. The van der Waals surface area contributed by atoms with E-state index in [4.69, 9.17) is 25.8 Å². The number of benzene rings is 2. The SMILES string of the molecule is COc1ccc(Cl)c2c1C(c1cc(Br)cc3c1OCO3)NCC2. The first-order valence-electron chi connectivity index (χ1n) is 7.36. The van der Waals surface area contributed by atoms with Crippen molar-refractivity contribution in [1.82, 2.24) is 5.32 Å². The fourth-order valence-electron chi connectivity index (χ4n) is 3.29. The molecule has 2 aliphatic heterocycles. The molecule has 0 bridgehead atoms. The molecule has 4 rings (SSSR count). The fourth-order valence-corrected chi connectivity index (χ4v) is 4.00. The predicted molar refractivity (Wildman–Crippen MR) is 91.8 cm³/mol. The van der Waals surface area contributed by atoms with Gasteiger partial charge in [0.1, 0.15) is 5.75 Å². The zero-order valence-electron chi connectivity index (χ0n) is 12.5. The molecule has 0 radical (unpaired) electrons. The lowest BCUT2D eigenvalue weighted by Gasteiger charge is -2.30. The van der Waals surface area contributed by atoms with Crippen LogP contribution in [0.5, 0.6) is 17.2 Å². The lowest BCUT2D eigenvalue weighted by Crippen LogP contribution is -2.31. The molecular formula is C17H15BrClNO3. The second-order valence-corrected chi connectivity index (χ2v) is 6.83. The Morgan fingerprint density at radius 1 is 1.30 bits per heavy atom. The average molecular weight is 397 g/mol. The highest BCUT2D eigenvalue weighted by Gasteiger charge is 2.31. The molecule has 2 aromatic carbocycles. The van der Waals surface area contributed by atoms with E-state index in [0.717, 1.165) is 56.4 Å². The van der Waals surface area contributed by atoms with Crippen LogP contribution in [0.2, 0.25) is 5.02 Å². The Bertz CT molecular complexity index is 781. The molecule has 2 heterocycles. The number of nitrogens with one attached hydrogen (secondary N) is 1. The molecule has 0 aromatic heterocycles. The summed E-state index contributed by atoms with van der Waals surface area (Å²) in [6.07, 6.45) is 0.870. The Hall–Kier alpha value is -1.43. The van der Waals surface area contributed by atoms with Crippen LogP contribution in [-0.2, 0) is 6.42 Å². The molecule has 0 saturated carbocycles. The summed E-state index contributed by atoms with van der Waals surface area (Å²) in [5.74, 6) is 2.36. The van der Waals surface area contributed by atoms with E-state index in [0.29, 0.717) is 0 Å². The third kappa shape index (κ3) is 2.47. The molecule has 0 saturated heterocycles. The molecule has 0 aliphatic carbocycles. The van der Waals surface area contributed by atoms with Crippen molar-refractivity contribution in [3.8, 4) is 17.2 Å². The van der Waals surface area contributed by atoms with Gasteiger partial charge in [0, 0.05) is 27.2 Å². The van der Waals surface area contributed by atoms with Crippen molar-refractivity contribution >= 4 is 27.5 Å². The van der Waals surface area contributed by atoms with E-state index in [9.17, 15) is 0 Å². The van der Waals surface area contributed by atoms with Crippen LogP contribution in [0.15, 0.2) is 28.7 Å². The zero-order valence-corrected chi connectivity index (χ0v) is 14.8. The van der Waals surface area contributed by atoms with Crippen LogP contribution in [-0.4, -0.2) is 20.4 Å². The van der Waals surface area contributed by atoms with Gasteiger partial charge >= 0.3 is 0 Å². The number of hydrogen-bond donors (Lipinski definition) is 1. The van der Waals surface area contributed by atoms with Crippen LogP contribution in [0.1, 0.15) is 22.7 Å². The van der Waals surface area contributed by atoms with Gasteiger partial charge in [-0.1, -0.05) is 27.5 Å². The molecule has 23 heavy (non-hydrogen) atoms. The molecule has 1 atom stereocenters. The van der Waals surface area contributed by atoms with Gasteiger partial charge in [0.05, 0.1) is 13.2 Å². The van der Waals surface area contributed by atoms with E-state index in [1.54, 1.807) is 7.11 Å². The third-order valence-electron chi connectivity index (χ3n) is 4.27. The molecule has 0 spiro atoms. The lowest BCUT2D eigenvalue weighted by atomic mass is 9.88. The Balaban J connectivity index is 1.92. The maximum Gasteiger partial charge on any atom is 0.231 e. The Morgan fingerprint density at radius 3 is 3.00 bits per heavy atom. The van der Waals surface area contributed by atoms with Gasteiger partial charge in [-0.15, -0.1) is 0 Å². The number of ether oxygens (including phenoxy) is 3. The maximum atomic E-state index is 6.42. The molecule has 4 nitrogen and oxygen atoms in total. The van der Waals surface area contributed by atoms with Crippen LogP contribution in [0.25, 0.3) is 0 Å². The van der Waals surface area contributed by atoms with Crippen molar-refractivity contribution in [3.63, 3.8) is 0 Å². The van der Waals surface area contributed by atoms with E-state index in [-0.39, 0.29) is 12.8 Å². The maximum absolute atomic E-state index is 6.42. The summed E-state index contributed by atoms with van der Waals surface area (Å²) in [7, 11) is 1.68. The summed E-state index contributed by atoms with van der Waals surface area (Å²) in [6, 6.07) is 7.73. The van der Waals surface area contributed by atoms with Gasteiger partial charge in [0.15, 0.2) is 11.5 Å². The second-order valence-electron chi connectivity index (χ2n) is 5.51. The summed E-state index contributed by atoms with van der Waals surface area (Å²) in [5.41, 5.74) is 3.22. The summed E-state index contributed by atoms with van der Waals surface area (Å²) >= 11 is 9.98. The van der Waals surface area contributed by atoms with Gasteiger partial charge in [-0.25, -0.2) is 0 Å². The van der Waals surface area contributed by atoms with Crippen LogP contribution in [0, 0.1) is 0 Å². The van der Waals surface area contributed by atoms with Gasteiger partial charge in [-0.3, -0.25) is 0 Å². The number of halogens is 2. The van der Waals surface area contributed by atoms with Crippen molar-refractivity contribution in [3.05, 3.63) is 50.5 Å². The van der Waals surface area contributed by atoms with Crippen LogP contribution in [0.3, 0.4) is 0 Å². The quantitative estimate of drug-likeness (QED) is 0.830. The highest BCUT2D eigenvalue weighted by atomic mass is 79.9. The van der Waals surface area contributed by atoms with E-state index >= 15 is 0 Å². The number of methoxy groups -OCH3 is 1. The van der Waals surface area contributed by atoms with E-state index < -0.39 is 0 Å². The van der Waals surface area contributed by atoms with Crippen molar-refractivity contribution in [1.29, 1.82) is 0 Å². The first kappa shape index (κ1) is 15.1. The summed E-state index contributed by atoms with van der Waals surface area (Å²) in [5, 5.41) is 4.33. The van der Waals surface area contributed by atoms with Crippen LogP contribution >= 0.6 is 27.5 Å². The Kier molecular flexibility index (Phi) is 3.87. The largest absolute Gasteiger partial charge is 0.496 e. The minimum atomic E-state index is -0.0552. The van der Waals surface area contributed by atoms with Crippen molar-refractivity contribution < 1.29 is 14.2 Å². The molecule has 2 aromatic rings. The topological polar surface area (TPSA) is 39.7 Å². The molecule has 0 amide bonds. The second kappa shape index (κ2) is 5.89. The Labute approximate surface area is 147 Å². The minimum absolute atomic E-state index is 0.0552. The van der Waals surface area contributed by atoms with Gasteiger partial charge in [0.25, 0.3) is 0 Å². The number of rotatable bonds is 2. The molecule has 6 heteroatoms. The monoisotopic (exact) mass is 395 g/mol. The first-order chi connectivity index (χ1) is 11.2. The standard InChI is InChI=1S/C17H15BrClNO3/c1-21-13-3-2-12(19)10-4-5-20-16(15(10)13)11-6-9(18)7-14-17(11)23-8-22-14/h2-3,6-7,16,20H,4-5,8H2,1H3. The fraction of sp³-hybridized carbons (Fsp3) is 0.294. The minimum Gasteiger partial charge on any atom is -0.496 e. The van der Waals surface area contributed by atoms with Crippen molar-refractivity contribution in [2.24, 2.45) is 0 Å². The van der Waals surface area contributed by atoms with E-state index in [2.05, 4.69) is 27.3 Å². The number of hydrogen-bond acceptors (Lipinski definition) is 4. The molecule has 2 aliphatic rings. The summed E-state index contributed by atoms with van der Waals surface area (Å²) in [4.78, 5) is 0. The molecule has 120 valence electrons. The van der Waals surface area contributed by atoms with Crippen LogP contribution < -0.4 is 19.5 Å².